The van der Waals surface area contributed by atoms with E-state index < -0.39 is 0 Å². The number of methoxy groups -OCH3 is 1. The van der Waals surface area contributed by atoms with Crippen LogP contribution in [0.4, 0.5) is 4.39 Å². The van der Waals surface area contributed by atoms with Crippen molar-refractivity contribution in [3.8, 4) is 5.75 Å². The van der Waals surface area contributed by atoms with E-state index >= 15 is 0 Å². The van der Waals surface area contributed by atoms with Crippen molar-refractivity contribution in [2.45, 2.75) is 13.1 Å². The van der Waals surface area contributed by atoms with Crippen LogP contribution < -0.4 is 4.74 Å². The van der Waals surface area contributed by atoms with E-state index in [9.17, 15) is 4.39 Å². The SMILES string of the molecule is COc1ccc(CN(C)Cc2cc(F)cc(Br)c2)cc1. The second kappa shape index (κ2) is 6.86. The molecule has 0 radical (unpaired) electrons. The van der Waals surface area contributed by atoms with Gasteiger partial charge < -0.3 is 4.74 Å². The van der Waals surface area contributed by atoms with Crippen molar-refractivity contribution in [1.29, 1.82) is 0 Å². The Labute approximate surface area is 127 Å². The zero-order valence-electron chi connectivity index (χ0n) is 11.6. The van der Waals surface area contributed by atoms with Crippen molar-refractivity contribution in [3.63, 3.8) is 0 Å². The Kier molecular flexibility index (Phi) is 5.15. The smallest absolute Gasteiger partial charge is 0.124 e. The lowest BCUT2D eigenvalue weighted by molar-refractivity contribution is 0.318. The Bertz CT molecular complexity index is 551. The average molecular weight is 338 g/mol. The summed E-state index contributed by atoms with van der Waals surface area (Å²) in [5.41, 5.74) is 2.15. The van der Waals surface area contributed by atoms with Gasteiger partial charge in [-0.15, -0.1) is 0 Å². The first-order valence-electron chi connectivity index (χ1n) is 6.33. The summed E-state index contributed by atoms with van der Waals surface area (Å²) in [6, 6.07) is 12.9. The monoisotopic (exact) mass is 337 g/mol. The van der Waals surface area contributed by atoms with Gasteiger partial charge in [0.15, 0.2) is 0 Å². The molecule has 2 nitrogen and oxygen atoms in total. The Balaban J connectivity index is 1.98. The van der Waals surface area contributed by atoms with E-state index in [1.54, 1.807) is 13.2 Å². The predicted molar refractivity (Wildman–Crippen MR) is 82.3 cm³/mol. The Morgan fingerprint density at radius 1 is 1.05 bits per heavy atom. The molecule has 0 unspecified atom stereocenters. The van der Waals surface area contributed by atoms with Crippen LogP contribution in [0.5, 0.6) is 5.75 Å². The molecule has 2 rings (SSSR count). The Hall–Kier alpha value is -1.39. The fourth-order valence-corrected chi connectivity index (χ4v) is 2.63. The summed E-state index contributed by atoms with van der Waals surface area (Å²) in [4.78, 5) is 2.14. The number of halogens is 2. The molecular formula is C16H17BrFNO. The molecule has 0 aliphatic carbocycles. The summed E-state index contributed by atoms with van der Waals surface area (Å²) in [5, 5.41) is 0. The minimum Gasteiger partial charge on any atom is -0.497 e. The number of rotatable bonds is 5. The van der Waals surface area contributed by atoms with Gasteiger partial charge in [0.05, 0.1) is 7.11 Å². The molecule has 4 heteroatoms. The standard InChI is InChI=1S/C16H17BrFNO/c1-19(10-12-3-5-16(20-2)6-4-12)11-13-7-14(17)9-15(18)8-13/h3-9H,10-11H2,1-2H3. The van der Waals surface area contributed by atoms with Gasteiger partial charge in [-0.25, -0.2) is 4.39 Å². The van der Waals surface area contributed by atoms with Crippen molar-refractivity contribution in [1.82, 2.24) is 4.90 Å². The molecule has 0 aliphatic heterocycles. The van der Waals surface area contributed by atoms with Crippen LogP contribution in [0.3, 0.4) is 0 Å². The van der Waals surface area contributed by atoms with E-state index in [2.05, 4.69) is 20.8 Å². The molecule has 0 aliphatic rings. The first-order valence-corrected chi connectivity index (χ1v) is 7.12. The van der Waals surface area contributed by atoms with Gasteiger partial charge >= 0.3 is 0 Å². The molecule has 0 fully saturated rings. The van der Waals surface area contributed by atoms with Crippen LogP contribution in [-0.2, 0) is 13.1 Å². The summed E-state index contributed by atoms with van der Waals surface area (Å²) in [6.45, 7) is 1.50. The first-order chi connectivity index (χ1) is 9.56. The van der Waals surface area contributed by atoms with Crippen LogP contribution in [0.25, 0.3) is 0 Å². The third kappa shape index (κ3) is 4.32. The molecule has 0 spiro atoms. The van der Waals surface area contributed by atoms with Crippen LogP contribution in [-0.4, -0.2) is 19.1 Å². The van der Waals surface area contributed by atoms with Crippen LogP contribution in [0.15, 0.2) is 46.9 Å². The molecule has 20 heavy (non-hydrogen) atoms. The molecule has 0 saturated carbocycles. The van der Waals surface area contributed by atoms with Gasteiger partial charge in [0.1, 0.15) is 11.6 Å². The highest BCUT2D eigenvalue weighted by molar-refractivity contribution is 9.10. The van der Waals surface area contributed by atoms with E-state index in [0.717, 1.165) is 22.3 Å². The summed E-state index contributed by atoms with van der Waals surface area (Å²) in [6.07, 6.45) is 0. The summed E-state index contributed by atoms with van der Waals surface area (Å²) >= 11 is 3.31. The fraction of sp³-hybridized carbons (Fsp3) is 0.250. The molecule has 0 heterocycles. The lowest BCUT2D eigenvalue weighted by Crippen LogP contribution is -2.17. The molecule has 0 N–H and O–H groups in total. The number of nitrogens with zero attached hydrogens (tertiary/aromatic N) is 1. The highest BCUT2D eigenvalue weighted by atomic mass is 79.9. The average Bonchev–Trinajstić information content (AvgIpc) is 2.38. The van der Waals surface area contributed by atoms with Gasteiger partial charge in [-0.1, -0.05) is 28.1 Å². The molecule has 0 atom stereocenters. The maximum Gasteiger partial charge on any atom is 0.124 e. The topological polar surface area (TPSA) is 12.5 Å². The van der Waals surface area contributed by atoms with Gasteiger partial charge in [-0.2, -0.15) is 0 Å². The van der Waals surface area contributed by atoms with E-state index in [0.29, 0.717) is 6.54 Å². The first kappa shape index (κ1) is 15.0. The lowest BCUT2D eigenvalue weighted by atomic mass is 10.1. The molecule has 106 valence electrons. The van der Waals surface area contributed by atoms with Crippen molar-refractivity contribution in [2.24, 2.45) is 0 Å². The molecule has 0 amide bonds. The van der Waals surface area contributed by atoms with E-state index in [1.165, 1.54) is 11.6 Å². The summed E-state index contributed by atoms with van der Waals surface area (Å²) in [7, 11) is 3.67. The Morgan fingerprint density at radius 3 is 2.30 bits per heavy atom. The largest absolute Gasteiger partial charge is 0.497 e. The Morgan fingerprint density at radius 2 is 1.70 bits per heavy atom. The molecule has 2 aromatic carbocycles. The van der Waals surface area contributed by atoms with Gasteiger partial charge in [0.25, 0.3) is 0 Å². The molecule has 2 aromatic rings. The highest BCUT2D eigenvalue weighted by Crippen LogP contribution is 2.17. The van der Waals surface area contributed by atoms with Crippen molar-refractivity contribution < 1.29 is 9.13 Å². The van der Waals surface area contributed by atoms with E-state index in [1.807, 2.05) is 37.4 Å². The van der Waals surface area contributed by atoms with Crippen molar-refractivity contribution in [3.05, 3.63) is 63.9 Å². The van der Waals surface area contributed by atoms with Gasteiger partial charge in [0.2, 0.25) is 0 Å². The van der Waals surface area contributed by atoms with Gasteiger partial charge in [0, 0.05) is 17.6 Å². The maximum absolute atomic E-state index is 13.3. The number of benzene rings is 2. The molecule has 0 aromatic heterocycles. The zero-order valence-corrected chi connectivity index (χ0v) is 13.2. The zero-order chi connectivity index (χ0) is 14.5. The van der Waals surface area contributed by atoms with E-state index in [-0.39, 0.29) is 5.82 Å². The van der Waals surface area contributed by atoms with Crippen molar-refractivity contribution >= 4 is 15.9 Å². The second-order valence-electron chi connectivity index (χ2n) is 4.80. The minimum absolute atomic E-state index is 0.216. The number of hydrogen-bond donors (Lipinski definition) is 0. The van der Waals surface area contributed by atoms with Crippen LogP contribution in [0, 0.1) is 5.82 Å². The summed E-state index contributed by atoms with van der Waals surface area (Å²) < 4.78 is 19.2. The van der Waals surface area contributed by atoms with Gasteiger partial charge in [-0.3, -0.25) is 4.90 Å². The quantitative estimate of drug-likeness (QED) is 0.809. The number of hydrogen-bond acceptors (Lipinski definition) is 2. The molecular weight excluding hydrogens is 321 g/mol. The third-order valence-electron chi connectivity index (χ3n) is 2.99. The fourth-order valence-electron chi connectivity index (χ4n) is 2.11. The van der Waals surface area contributed by atoms with Crippen LogP contribution in [0.2, 0.25) is 0 Å². The highest BCUT2D eigenvalue weighted by Gasteiger charge is 2.05. The second-order valence-corrected chi connectivity index (χ2v) is 5.71. The van der Waals surface area contributed by atoms with E-state index in [4.69, 9.17) is 4.74 Å². The van der Waals surface area contributed by atoms with Crippen molar-refractivity contribution in [2.75, 3.05) is 14.2 Å². The van der Waals surface area contributed by atoms with Crippen LogP contribution in [0.1, 0.15) is 11.1 Å². The molecule has 0 bridgehead atoms. The summed E-state index contributed by atoms with van der Waals surface area (Å²) in [5.74, 6) is 0.637. The number of ether oxygens (including phenoxy) is 1. The van der Waals surface area contributed by atoms with Gasteiger partial charge in [-0.05, 0) is 48.5 Å². The predicted octanol–water partition coefficient (Wildman–Crippen LogP) is 4.23. The normalized spacial score (nSPS) is 10.8. The minimum atomic E-state index is -0.216. The lowest BCUT2D eigenvalue weighted by Gasteiger charge is -2.17. The maximum atomic E-state index is 13.3. The van der Waals surface area contributed by atoms with Crippen LogP contribution >= 0.6 is 15.9 Å². The third-order valence-corrected chi connectivity index (χ3v) is 3.44. The molecule has 0 saturated heterocycles.